The van der Waals surface area contributed by atoms with Crippen LogP contribution >= 0.6 is 34.8 Å². The van der Waals surface area contributed by atoms with Crippen LogP contribution < -0.4 is 0 Å². The summed E-state index contributed by atoms with van der Waals surface area (Å²) in [7, 11) is 0. The monoisotopic (exact) mass is 301 g/mol. The summed E-state index contributed by atoms with van der Waals surface area (Å²) in [5, 5.41) is 11.8. The van der Waals surface area contributed by atoms with Crippen LogP contribution in [0.25, 0.3) is 11.1 Å². The van der Waals surface area contributed by atoms with Crippen LogP contribution in [0.2, 0.25) is 15.1 Å². The third-order valence-electron chi connectivity index (χ3n) is 2.40. The van der Waals surface area contributed by atoms with E-state index in [2.05, 4.69) is 0 Å². The van der Waals surface area contributed by atoms with Gasteiger partial charge in [-0.25, -0.2) is 0 Å². The predicted octanol–water partition coefficient (Wildman–Crippen LogP) is 5.22. The number of rotatable bonds is 2. The summed E-state index contributed by atoms with van der Waals surface area (Å²) >= 11 is 17.9. The number of nitro benzene ring substituents is 1. The Hall–Kier alpha value is -1.29. The van der Waals surface area contributed by atoms with Gasteiger partial charge in [0.05, 0.1) is 4.92 Å². The van der Waals surface area contributed by atoms with E-state index in [1.165, 1.54) is 6.07 Å². The van der Waals surface area contributed by atoms with Gasteiger partial charge in [-0.1, -0.05) is 53.0 Å². The second kappa shape index (κ2) is 5.14. The lowest BCUT2D eigenvalue weighted by molar-refractivity contribution is -0.384. The van der Waals surface area contributed by atoms with Gasteiger partial charge in [0.2, 0.25) is 0 Å². The van der Waals surface area contributed by atoms with E-state index in [1.807, 2.05) is 0 Å². The maximum absolute atomic E-state index is 10.8. The lowest BCUT2D eigenvalue weighted by Gasteiger charge is -2.07. The molecule has 0 radical (unpaired) electrons. The van der Waals surface area contributed by atoms with Gasteiger partial charge in [0.15, 0.2) is 0 Å². The Labute approximate surface area is 118 Å². The van der Waals surface area contributed by atoms with Gasteiger partial charge in [-0.3, -0.25) is 10.1 Å². The summed E-state index contributed by atoms with van der Waals surface area (Å²) in [6.07, 6.45) is 0. The van der Waals surface area contributed by atoms with E-state index in [1.54, 1.807) is 30.3 Å². The first-order chi connectivity index (χ1) is 8.50. The van der Waals surface area contributed by atoms with E-state index in [4.69, 9.17) is 34.8 Å². The fraction of sp³-hybridized carbons (Fsp3) is 0. The third-order valence-corrected chi connectivity index (χ3v) is 3.34. The summed E-state index contributed by atoms with van der Waals surface area (Å²) in [6.45, 7) is 0. The van der Waals surface area contributed by atoms with Crippen molar-refractivity contribution in [1.82, 2.24) is 0 Å². The quantitative estimate of drug-likeness (QED) is 0.563. The number of halogens is 3. The van der Waals surface area contributed by atoms with E-state index < -0.39 is 4.92 Å². The van der Waals surface area contributed by atoms with Gasteiger partial charge in [-0.05, 0) is 12.1 Å². The van der Waals surface area contributed by atoms with E-state index in [0.29, 0.717) is 21.2 Å². The summed E-state index contributed by atoms with van der Waals surface area (Å²) in [5.41, 5.74) is 0.961. The highest BCUT2D eigenvalue weighted by atomic mass is 35.5. The number of nitrogens with zero attached hydrogens (tertiary/aromatic N) is 1. The van der Waals surface area contributed by atoms with E-state index in [0.717, 1.165) is 0 Å². The largest absolute Gasteiger partial charge is 0.288 e. The Bertz CT molecular complexity index is 629. The molecule has 0 spiro atoms. The highest BCUT2D eigenvalue weighted by Crippen LogP contribution is 2.38. The zero-order valence-electron chi connectivity index (χ0n) is 8.86. The molecule has 2 rings (SSSR count). The van der Waals surface area contributed by atoms with Crippen molar-refractivity contribution in [2.24, 2.45) is 0 Å². The molecule has 2 aromatic carbocycles. The van der Waals surface area contributed by atoms with Crippen LogP contribution in [0.3, 0.4) is 0 Å². The first kappa shape index (κ1) is 13.1. The molecule has 0 saturated heterocycles. The highest BCUT2D eigenvalue weighted by Gasteiger charge is 2.17. The molecule has 0 amide bonds. The highest BCUT2D eigenvalue weighted by molar-refractivity contribution is 6.38. The summed E-state index contributed by atoms with van der Waals surface area (Å²) < 4.78 is 0. The normalized spacial score (nSPS) is 10.4. The Morgan fingerprint density at radius 2 is 1.72 bits per heavy atom. The molecular formula is C12H6Cl3NO2. The fourth-order valence-corrected chi connectivity index (χ4v) is 2.38. The van der Waals surface area contributed by atoms with Crippen LogP contribution in [0, 0.1) is 10.1 Å². The maximum Gasteiger partial charge on any atom is 0.288 e. The molecule has 0 heterocycles. The van der Waals surface area contributed by atoms with Crippen LogP contribution in [0.5, 0.6) is 0 Å². The molecule has 0 saturated carbocycles. The Morgan fingerprint density at radius 3 is 2.33 bits per heavy atom. The lowest BCUT2D eigenvalue weighted by atomic mass is 10.0. The Kier molecular flexibility index (Phi) is 3.76. The van der Waals surface area contributed by atoms with Crippen molar-refractivity contribution in [1.29, 1.82) is 0 Å². The molecule has 0 atom stereocenters. The number of benzene rings is 2. The Balaban J connectivity index is 2.64. The zero-order valence-corrected chi connectivity index (χ0v) is 11.1. The van der Waals surface area contributed by atoms with Gasteiger partial charge in [-0.2, -0.15) is 0 Å². The van der Waals surface area contributed by atoms with Crippen LogP contribution in [0.4, 0.5) is 5.69 Å². The van der Waals surface area contributed by atoms with E-state index in [9.17, 15) is 10.1 Å². The lowest BCUT2D eigenvalue weighted by Crippen LogP contribution is -1.91. The number of hydrogen-bond acceptors (Lipinski definition) is 2. The van der Waals surface area contributed by atoms with Gasteiger partial charge < -0.3 is 0 Å². The number of nitro groups is 1. The van der Waals surface area contributed by atoms with Crippen LogP contribution in [0.1, 0.15) is 0 Å². The molecule has 0 unspecified atom stereocenters. The maximum atomic E-state index is 10.8. The summed E-state index contributed by atoms with van der Waals surface area (Å²) in [6, 6.07) is 9.46. The van der Waals surface area contributed by atoms with Gasteiger partial charge in [0, 0.05) is 27.2 Å². The van der Waals surface area contributed by atoms with Gasteiger partial charge >= 0.3 is 0 Å². The third kappa shape index (κ3) is 2.43. The molecule has 0 N–H and O–H groups in total. The van der Waals surface area contributed by atoms with Crippen LogP contribution in [-0.4, -0.2) is 4.92 Å². The second-order valence-corrected chi connectivity index (χ2v) is 4.74. The van der Waals surface area contributed by atoms with Gasteiger partial charge in [0.1, 0.15) is 5.02 Å². The molecular weight excluding hydrogens is 296 g/mol. The molecule has 0 aliphatic carbocycles. The molecule has 2 aromatic rings. The smallest absolute Gasteiger partial charge is 0.258 e. The average molecular weight is 303 g/mol. The first-order valence-electron chi connectivity index (χ1n) is 4.89. The summed E-state index contributed by atoms with van der Waals surface area (Å²) in [4.78, 5) is 10.3. The molecule has 3 nitrogen and oxygen atoms in total. The van der Waals surface area contributed by atoms with Crippen molar-refractivity contribution in [3.63, 3.8) is 0 Å². The van der Waals surface area contributed by atoms with Crippen LogP contribution in [0.15, 0.2) is 36.4 Å². The minimum atomic E-state index is -0.532. The van der Waals surface area contributed by atoms with Gasteiger partial charge in [-0.15, -0.1) is 0 Å². The van der Waals surface area contributed by atoms with Crippen molar-refractivity contribution in [2.45, 2.75) is 0 Å². The molecule has 0 aliphatic rings. The predicted molar refractivity (Wildman–Crippen MR) is 73.6 cm³/mol. The zero-order chi connectivity index (χ0) is 13.3. The average Bonchev–Trinajstić information content (AvgIpc) is 2.30. The molecule has 92 valence electrons. The topological polar surface area (TPSA) is 43.1 Å². The van der Waals surface area contributed by atoms with E-state index in [-0.39, 0.29) is 10.7 Å². The standard InChI is InChI=1S/C12H6Cl3NO2/c13-7-4-5-8(10(14)6-7)9-2-1-3-11(12(9)15)16(17)18/h1-6H. The van der Waals surface area contributed by atoms with Crippen molar-refractivity contribution >= 4 is 40.5 Å². The Morgan fingerprint density at radius 1 is 1.00 bits per heavy atom. The molecule has 18 heavy (non-hydrogen) atoms. The van der Waals surface area contributed by atoms with E-state index >= 15 is 0 Å². The van der Waals surface area contributed by atoms with Crippen molar-refractivity contribution < 1.29 is 4.92 Å². The molecule has 0 aromatic heterocycles. The fourth-order valence-electron chi connectivity index (χ4n) is 1.58. The minimum absolute atomic E-state index is 0.0618. The molecule has 0 aliphatic heterocycles. The van der Waals surface area contributed by atoms with Gasteiger partial charge in [0.25, 0.3) is 5.69 Å². The minimum Gasteiger partial charge on any atom is -0.258 e. The summed E-state index contributed by atoms with van der Waals surface area (Å²) in [5.74, 6) is 0. The first-order valence-corrected chi connectivity index (χ1v) is 6.02. The van der Waals surface area contributed by atoms with Crippen molar-refractivity contribution in [3.05, 3.63) is 61.6 Å². The number of hydrogen-bond donors (Lipinski definition) is 0. The molecule has 0 fully saturated rings. The SMILES string of the molecule is O=[N+]([O-])c1cccc(-c2ccc(Cl)cc2Cl)c1Cl. The molecule has 6 heteroatoms. The van der Waals surface area contributed by atoms with Crippen LogP contribution in [-0.2, 0) is 0 Å². The molecule has 0 bridgehead atoms. The van der Waals surface area contributed by atoms with Crippen molar-refractivity contribution in [2.75, 3.05) is 0 Å². The second-order valence-electron chi connectivity index (χ2n) is 3.52. The van der Waals surface area contributed by atoms with Crippen molar-refractivity contribution in [3.8, 4) is 11.1 Å².